The third-order valence-corrected chi connectivity index (χ3v) is 5.14. The van der Waals surface area contributed by atoms with E-state index < -0.39 is 5.97 Å². The van der Waals surface area contributed by atoms with Crippen molar-refractivity contribution in [1.29, 1.82) is 0 Å². The molecule has 1 heterocycles. The summed E-state index contributed by atoms with van der Waals surface area (Å²) in [6.45, 7) is 5.09. The molecule has 0 bridgehead atoms. The van der Waals surface area contributed by atoms with Crippen molar-refractivity contribution < 1.29 is 15.0 Å². The molecule has 0 unspecified atom stereocenters. The van der Waals surface area contributed by atoms with E-state index in [-0.39, 0.29) is 6.61 Å². The van der Waals surface area contributed by atoms with Crippen molar-refractivity contribution in [3.8, 4) is 0 Å². The molecule has 0 aromatic heterocycles. The van der Waals surface area contributed by atoms with Crippen molar-refractivity contribution >= 4 is 12.3 Å². The van der Waals surface area contributed by atoms with Crippen LogP contribution in [0.15, 0.2) is 4.99 Å². The Morgan fingerprint density at radius 3 is 1.68 bits per heavy atom. The van der Waals surface area contributed by atoms with Crippen LogP contribution in [-0.2, 0) is 4.79 Å². The van der Waals surface area contributed by atoms with Gasteiger partial charge in [-0.15, -0.1) is 0 Å². The highest BCUT2D eigenvalue weighted by atomic mass is 16.4. The van der Waals surface area contributed by atoms with Gasteiger partial charge in [-0.25, -0.2) is 0 Å². The van der Waals surface area contributed by atoms with Crippen LogP contribution in [0, 0.1) is 0 Å². The van der Waals surface area contributed by atoms with E-state index in [9.17, 15) is 4.79 Å². The Morgan fingerprint density at radius 1 is 0.857 bits per heavy atom. The Bertz CT molecular complexity index is 362. The summed E-state index contributed by atoms with van der Waals surface area (Å²) in [5.74, 6) is -0.653. The van der Waals surface area contributed by atoms with Gasteiger partial charge >= 0.3 is 5.97 Å². The topological polar surface area (TPSA) is 73.1 Å². The molecule has 0 amide bonds. The zero-order chi connectivity index (χ0) is 20.7. The number of hydrogen-bond donors (Lipinski definition) is 2. The summed E-state index contributed by atoms with van der Waals surface area (Å²) in [7, 11) is 0. The summed E-state index contributed by atoms with van der Waals surface area (Å²) < 4.78 is 0. The molecule has 0 saturated carbocycles. The van der Waals surface area contributed by atoms with Gasteiger partial charge in [-0.05, 0) is 6.42 Å². The fraction of sp³-hybridized carbons (Fsp3) is 0.913. The first-order chi connectivity index (χ1) is 13.7. The highest BCUT2D eigenvalue weighted by Crippen LogP contribution is 2.13. The SMILES string of the molecule is CCCCCCCCCCCCCCCCCC(=O)O.OCCN1C=NCC1. The minimum absolute atomic E-state index is 0.228. The summed E-state index contributed by atoms with van der Waals surface area (Å²) in [5.41, 5.74) is 0. The lowest BCUT2D eigenvalue weighted by Crippen LogP contribution is -2.22. The molecule has 166 valence electrons. The van der Waals surface area contributed by atoms with Gasteiger partial charge in [-0.1, -0.05) is 96.8 Å². The number of aliphatic hydroxyl groups is 1. The Kier molecular flexibility index (Phi) is 21.3. The maximum Gasteiger partial charge on any atom is 0.303 e. The predicted octanol–water partition coefficient (Wildman–Crippen LogP) is 5.66. The molecule has 1 aliphatic heterocycles. The number of carbonyl (C=O) groups is 1. The van der Waals surface area contributed by atoms with Gasteiger partial charge in [0.2, 0.25) is 0 Å². The molecule has 0 atom stereocenters. The molecule has 1 rings (SSSR count). The maximum atomic E-state index is 10.3. The molecule has 0 radical (unpaired) electrons. The Morgan fingerprint density at radius 2 is 1.32 bits per heavy atom. The van der Waals surface area contributed by atoms with E-state index in [4.69, 9.17) is 10.2 Å². The van der Waals surface area contributed by atoms with E-state index in [0.717, 1.165) is 32.5 Å². The molecular weight excluding hydrogens is 352 g/mol. The van der Waals surface area contributed by atoms with Gasteiger partial charge in [0.05, 0.1) is 19.5 Å². The summed E-state index contributed by atoms with van der Waals surface area (Å²) >= 11 is 0. The first kappa shape index (κ1) is 26.9. The van der Waals surface area contributed by atoms with Crippen LogP contribution in [0.25, 0.3) is 0 Å². The van der Waals surface area contributed by atoms with Gasteiger partial charge in [-0.2, -0.15) is 0 Å². The Balaban J connectivity index is 0.000000749. The van der Waals surface area contributed by atoms with Crippen LogP contribution in [0.1, 0.15) is 110 Å². The molecule has 2 N–H and O–H groups in total. The molecule has 28 heavy (non-hydrogen) atoms. The molecule has 5 heteroatoms. The number of aliphatic hydroxyl groups excluding tert-OH is 1. The van der Waals surface area contributed by atoms with Gasteiger partial charge in [0, 0.05) is 19.5 Å². The third kappa shape index (κ3) is 21.2. The van der Waals surface area contributed by atoms with E-state index in [2.05, 4.69) is 11.9 Å². The van der Waals surface area contributed by atoms with Gasteiger partial charge in [0.1, 0.15) is 0 Å². The molecule has 0 aliphatic carbocycles. The number of β-amino-alcohol motifs (C(OH)–C–C–N with tert-alkyl or cyclic N) is 1. The molecular formula is C23H46N2O3. The summed E-state index contributed by atoms with van der Waals surface area (Å²) in [4.78, 5) is 16.3. The number of unbranched alkanes of at least 4 members (excludes halogenated alkanes) is 14. The van der Waals surface area contributed by atoms with E-state index >= 15 is 0 Å². The summed E-state index contributed by atoms with van der Waals surface area (Å²) in [6.07, 6.45) is 22.0. The van der Waals surface area contributed by atoms with Crippen LogP contribution in [0.5, 0.6) is 0 Å². The van der Waals surface area contributed by atoms with E-state index in [1.165, 1.54) is 83.5 Å². The lowest BCUT2D eigenvalue weighted by Gasteiger charge is -2.09. The van der Waals surface area contributed by atoms with Crippen molar-refractivity contribution in [2.24, 2.45) is 4.99 Å². The fourth-order valence-corrected chi connectivity index (χ4v) is 3.36. The lowest BCUT2D eigenvalue weighted by atomic mass is 10.0. The number of nitrogens with zero attached hydrogens (tertiary/aromatic N) is 2. The number of aliphatic imine (C=N–C) groups is 1. The number of carboxylic acid groups (broad SMARTS) is 1. The molecule has 0 spiro atoms. The summed E-state index contributed by atoms with van der Waals surface area (Å²) in [5, 5.41) is 16.9. The van der Waals surface area contributed by atoms with Crippen LogP contribution in [0.2, 0.25) is 0 Å². The standard InChI is InChI=1S/C18H36O2.C5H10N2O/c1-2-3-4-5-6-7-8-9-10-11-12-13-14-15-16-17-18(19)20;8-4-3-7-2-1-6-5-7/h2-17H2,1H3,(H,19,20);5,8H,1-4H2. The average molecular weight is 399 g/mol. The third-order valence-electron chi connectivity index (χ3n) is 5.14. The Hall–Kier alpha value is -1.10. The second-order valence-electron chi connectivity index (χ2n) is 7.87. The van der Waals surface area contributed by atoms with Crippen molar-refractivity contribution in [2.45, 2.75) is 110 Å². The molecule has 0 aromatic rings. The number of carboxylic acids is 1. The Labute approximate surface area is 173 Å². The second kappa shape index (κ2) is 22.2. The van der Waals surface area contributed by atoms with Gasteiger partial charge in [0.25, 0.3) is 0 Å². The van der Waals surface area contributed by atoms with Crippen molar-refractivity contribution in [2.75, 3.05) is 26.2 Å². The molecule has 0 fully saturated rings. The highest BCUT2D eigenvalue weighted by Gasteiger charge is 2.01. The molecule has 0 aromatic carbocycles. The van der Waals surface area contributed by atoms with Crippen molar-refractivity contribution in [1.82, 2.24) is 4.90 Å². The lowest BCUT2D eigenvalue weighted by molar-refractivity contribution is -0.137. The average Bonchev–Trinajstić information content (AvgIpc) is 3.19. The van der Waals surface area contributed by atoms with Crippen LogP contribution in [0.3, 0.4) is 0 Å². The predicted molar refractivity (Wildman–Crippen MR) is 119 cm³/mol. The van der Waals surface area contributed by atoms with Gasteiger partial charge in [0.15, 0.2) is 0 Å². The summed E-state index contributed by atoms with van der Waals surface area (Å²) in [6, 6.07) is 0. The minimum atomic E-state index is -0.653. The van der Waals surface area contributed by atoms with Crippen molar-refractivity contribution in [3.63, 3.8) is 0 Å². The smallest absolute Gasteiger partial charge is 0.303 e. The largest absolute Gasteiger partial charge is 0.481 e. The van der Waals surface area contributed by atoms with Crippen LogP contribution in [0.4, 0.5) is 0 Å². The molecule has 1 aliphatic rings. The molecule has 5 nitrogen and oxygen atoms in total. The quantitative estimate of drug-likeness (QED) is 0.292. The zero-order valence-electron chi connectivity index (χ0n) is 18.4. The van der Waals surface area contributed by atoms with E-state index in [1.807, 2.05) is 4.90 Å². The maximum absolute atomic E-state index is 10.3. The minimum Gasteiger partial charge on any atom is -0.481 e. The van der Waals surface area contributed by atoms with E-state index in [1.54, 1.807) is 6.34 Å². The van der Waals surface area contributed by atoms with Crippen LogP contribution < -0.4 is 0 Å². The second-order valence-corrected chi connectivity index (χ2v) is 7.87. The first-order valence-electron chi connectivity index (χ1n) is 11.8. The van der Waals surface area contributed by atoms with Crippen LogP contribution in [-0.4, -0.2) is 53.7 Å². The number of hydrogen-bond acceptors (Lipinski definition) is 4. The number of rotatable bonds is 18. The van der Waals surface area contributed by atoms with Gasteiger partial charge in [-0.3, -0.25) is 9.79 Å². The van der Waals surface area contributed by atoms with Gasteiger partial charge < -0.3 is 15.1 Å². The van der Waals surface area contributed by atoms with Crippen molar-refractivity contribution in [3.05, 3.63) is 0 Å². The fourth-order valence-electron chi connectivity index (χ4n) is 3.36. The van der Waals surface area contributed by atoms with Crippen LogP contribution >= 0.6 is 0 Å². The monoisotopic (exact) mass is 398 g/mol. The highest BCUT2D eigenvalue weighted by molar-refractivity contribution is 5.66. The zero-order valence-corrected chi connectivity index (χ0v) is 18.4. The van der Waals surface area contributed by atoms with E-state index in [0.29, 0.717) is 6.42 Å². The normalized spacial score (nSPS) is 12.9. The first-order valence-corrected chi connectivity index (χ1v) is 11.8. The number of aliphatic carboxylic acids is 1. The molecule has 0 saturated heterocycles.